The molecule has 1 unspecified atom stereocenters. The molecule has 0 aromatic heterocycles. The second kappa shape index (κ2) is 3.73. The minimum atomic E-state index is -0.858. The van der Waals surface area contributed by atoms with Crippen LogP contribution in [0.4, 0.5) is 0 Å². The fourth-order valence-electron chi connectivity index (χ4n) is 0.752. The SMILES string of the molecule is COCC1=NC(C(=O)O)CS1. The van der Waals surface area contributed by atoms with E-state index in [0.29, 0.717) is 12.4 Å². The summed E-state index contributed by atoms with van der Waals surface area (Å²) in [5.41, 5.74) is 0. The Balaban J connectivity index is 2.47. The minimum Gasteiger partial charge on any atom is -0.480 e. The number of hydrogen-bond acceptors (Lipinski definition) is 4. The summed E-state index contributed by atoms with van der Waals surface area (Å²) < 4.78 is 4.81. The zero-order chi connectivity index (χ0) is 8.27. The van der Waals surface area contributed by atoms with Crippen LogP contribution < -0.4 is 0 Å². The number of carbonyl (C=O) groups is 1. The lowest BCUT2D eigenvalue weighted by atomic mass is 10.4. The van der Waals surface area contributed by atoms with Gasteiger partial charge in [0.2, 0.25) is 0 Å². The Kier molecular flexibility index (Phi) is 2.90. The summed E-state index contributed by atoms with van der Waals surface area (Å²) in [5.74, 6) is -0.322. The van der Waals surface area contributed by atoms with E-state index in [2.05, 4.69) is 4.99 Å². The topological polar surface area (TPSA) is 58.9 Å². The molecule has 0 saturated carbocycles. The van der Waals surface area contributed by atoms with Gasteiger partial charge >= 0.3 is 5.97 Å². The fourth-order valence-corrected chi connectivity index (χ4v) is 1.72. The van der Waals surface area contributed by atoms with E-state index in [1.807, 2.05) is 0 Å². The molecule has 5 heteroatoms. The standard InChI is InChI=1S/C6H9NO3S/c1-10-2-5-7-4(3-11-5)6(8)9/h4H,2-3H2,1H3,(H,8,9). The molecule has 4 nitrogen and oxygen atoms in total. The molecule has 0 fully saturated rings. The van der Waals surface area contributed by atoms with Crippen LogP contribution in [0.1, 0.15) is 0 Å². The molecule has 0 aromatic carbocycles. The molecule has 1 N–H and O–H groups in total. The highest BCUT2D eigenvalue weighted by atomic mass is 32.2. The molecule has 0 amide bonds. The quantitative estimate of drug-likeness (QED) is 0.667. The van der Waals surface area contributed by atoms with Gasteiger partial charge in [0, 0.05) is 12.9 Å². The number of carboxylic acids is 1. The van der Waals surface area contributed by atoms with Crippen molar-refractivity contribution in [1.29, 1.82) is 0 Å². The van der Waals surface area contributed by atoms with Crippen molar-refractivity contribution in [2.24, 2.45) is 4.99 Å². The maximum absolute atomic E-state index is 10.4. The first-order valence-electron chi connectivity index (χ1n) is 3.15. The Labute approximate surface area is 68.6 Å². The van der Waals surface area contributed by atoms with Gasteiger partial charge in [-0.1, -0.05) is 0 Å². The number of rotatable bonds is 3. The van der Waals surface area contributed by atoms with Crippen LogP contribution in [0.25, 0.3) is 0 Å². The molecule has 0 spiro atoms. The van der Waals surface area contributed by atoms with Crippen LogP contribution in [0.3, 0.4) is 0 Å². The number of methoxy groups -OCH3 is 1. The highest BCUT2D eigenvalue weighted by molar-refractivity contribution is 8.14. The van der Waals surface area contributed by atoms with Gasteiger partial charge in [0.15, 0.2) is 6.04 Å². The van der Waals surface area contributed by atoms with E-state index in [1.54, 1.807) is 7.11 Å². The number of thioether (sulfide) groups is 1. The van der Waals surface area contributed by atoms with Crippen molar-refractivity contribution in [2.75, 3.05) is 19.5 Å². The number of carboxylic acid groups (broad SMARTS) is 1. The van der Waals surface area contributed by atoms with Crippen LogP contribution in [0.5, 0.6) is 0 Å². The molecular weight excluding hydrogens is 166 g/mol. The highest BCUT2D eigenvalue weighted by Gasteiger charge is 2.23. The van der Waals surface area contributed by atoms with Gasteiger partial charge in [-0.15, -0.1) is 11.8 Å². The van der Waals surface area contributed by atoms with Crippen molar-refractivity contribution in [3.63, 3.8) is 0 Å². The lowest BCUT2D eigenvalue weighted by Gasteiger charge is -1.94. The van der Waals surface area contributed by atoms with Gasteiger partial charge in [-0.2, -0.15) is 0 Å². The van der Waals surface area contributed by atoms with Crippen LogP contribution in [-0.2, 0) is 9.53 Å². The third-order valence-corrected chi connectivity index (χ3v) is 2.30. The summed E-state index contributed by atoms with van der Waals surface area (Å²) in [6, 6.07) is -0.565. The van der Waals surface area contributed by atoms with Gasteiger partial charge in [0.25, 0.3) is 0 Å². The zero-order valence-corrected chi connectivity index (χ0v) is 6.93. The maximum Gasteiger partial charge on any atom is 0.329 e. The van der Waals surface area contributed by atoms with Crippen LogP contribution in [0.15, 0.2) is 4.99 Å². The van der Waals surface area contributed by atoms with Gasteiger partial charge in [-0.25, -0.2) is 4.79 Å². The Bertz CT molecular complexity index is 192. The van der Waals surface area contributed by atoms with Crippen molar-refractivity contribution in [3.8, 4) is 0 Å². The minimum absolute atomic E-state index is 0.425. The molecule has 0 aromatic rings. The highest BCUT2D eigenvalue weighted by Crippen LogP contribution is 2.17. The van der Waals surface area contributed by atoms with E-state index in [4.69, 9.17) is 9.84 Å². The van der Waals surface area contributed by atoms with Crippen molar-refractivity contribution < 1.29 is 14.6 Å². The second-order valence-corrected chi connectivity index (χ2v) is 3.21. The number of hydrogen-bond donors (Lipinski definition) is 1. The maximum atomic E-state index is 10.4. The molecule has 1 aliphatic rings. The van der Waals surface area contributed by atoms with Crippen molar-refractivity contribution >= 4 is 22.8 Å². The molecule has 1 rings (SSSR count). The smallest absolute Gasteiger partial charge is 0.329 e. The van der Waals surface area contributed by atoms with E-state index >= 15 is 0 Å². The largest absolute Gasteiger partial charge is 0.480 e. The van der Waals surface area contributed by atoms with Gasteiger partial charge in [-0.05, 0) is 0 Å². The average molecular weight is 175 g/mol. The Morgan fingerprint density at radius 3 is 3.18 bits per heavy atom. The molecule has 1 atom stereocenters. The number of ether oxygens (including phenoxy) is 1. The summed E-state index contributed by atoms with van der Waals surface area (Å²) in [6.45, 7) is 0.425. The third-order valence-electron chi connectivity index (χ3n) is 1.26. The molecule has 0 saturated heterocycles. The van der Waals surface area contributed by atoms with Crippen LogP contribution in [0, 0.1) is 0 Å². The van der Waals surface area contributed by atoms with E-state index in [0.717, 1.165) is 5.04 Å². The Hall–Kier alpha value is -0.550. The molecule has 1 aliphatic heterocycles. The molecule has 1 heterocycles. The van der Waals surface area contributed by atoms with Gasteiger partial charge in [0.05, 0.1) is 11.7 Å². The normalized spacial score (nSPS) is 23.4. The molecular formula is C6H9NO3S. The van der Waals surface area contributed by atoms with Crippen LogP contribution in [0.2, 0.25) is 0 Å². The van der Waals surface area contributed by atoms with Gasteiger partial charge in [-0.3, -0.25) is 4.99 Å². The number of aliphatic carboxylic acids is 1. The van der Waals surface area contributed by atoms with Crippen molar-refractivity contribution in [1.82, 2.24) is 0 Å². The number of aliphatic imine (C=N–C) groups is 1. The Morgan fingerprint density at radius 1 is 2.00 bits per heavy atom. The summed E-state index contributed by atoms with van der Waals surface area (Å²) in [4.78, 5) is 14.3. The Morgan fingerprint density at radius 2 is 2.73 bits per heavy atom. The van der Waals surface area contributed by atoms with Crippen LogP contribution >= 0.6 is 11.8 Å². The summed E-state index contributed by atoms with van der Waals surface area (Å²) in [5, 5.41) is 9.32. The summed E-state index contributed by atoms with van der Waals surface area (Å²) in [7, 11) is 1.57. The van der Waals surface area contributed by atoms with Crippen LogP contribution in [-0.4, -0.2) is 41.6 Å². The first-order chi connectivity index (χ1) is 5.24. The molecule has 11 heavy (non-hydrogen) atoms. The average Bonchev–Trinajstić information content (AvgIpc) is 2.37. The lowest BCUT2D eigenvalue weighted by molar-refractivity contribution is -0.137. The van der Waals surface area contributed by atoms with E-state index in [9.17, 15) is 4.79 Å². The monoisotopic (exact) mass is 175 g/mol. The van der Waals surface area contributed by atoms with E-state index in [-0.39, 0.29) is 0 Å². The predicted octanol–water partition coefficient (Wildman–Crippen LogP) is 0.231. The first kappa shape index (κ1) is 8.55. The summed E-state index contributed by atoms with van der Waals surface area (Å²) >= 11 is 1.45. The molecule has 0 bridgehead atoms. The van der Waals surface area contributed by atoms with Crippen molar-refractivity contribution in [3.05, 3.63) is 0 Å². The van der Waals surface area contributed by atoms with E-state index in [1.165, 1.54) is 11.8 Å². The zero-order valence-electron chi connectivity index (χ0n) is 6.11. The van der Waals surface area contributed by atoms with Crippen molar-refractivity contribution in [2.45, 2.75) is 6.04 Å². The van der Waals surface area contributed by atoms with Gasteiger partial charge in [0.1, 0.15) is 0 Å². The number of nitrogens with zero attached hydrogens (tertiary/aromatic N) is 1. The fraction of sp³-hybridized carbons (Fsp3) is 0.667. The second-order valence-electron chi connectivity index (χ2n) is 2.12. The molecule has 62 valence electrons. The predicted molar refractivity (Wildman–Crippen MR) is 43.2 cm³/mol. The van der Waals surface area contributed by atoms with E-state index < -0.39 is 12.0 Å². The van der Waals surface area contributed by atoms with Gasteiger partial charge < -0.3 is 9.84 Å². The first-order valence-corrected chi connectivity index (χ1v) is 4.14. The molecule has 0 radical (unpaired) electrons. The summed E-state index contributed by atoms with van der Waals surface area (Å²) in [6.07, 6.45) is 0. The lowest BCUT2D eigenvalue weighted by Crippen LogP contribution is -2.17. The molecule has 0 aliphatic carbocycles. The third kappa shape index (κ3) is 2.20.